The molecule has 0 aliphatic carbocycles. The number of hydrazine groups is 1. The number of carbonyl (C=O) groups excluding carboxylic acids is 2. The minimum absolute atomic E-state index is 0.0570. The first-order chi connectivity index (χ1) is 14.6. The van der Waals surface area contributed by atoms with Gasteiger partial charge in [-0.2, -0.15) is 0 Å². The Bertz CT molecular complexity index is 1040. The van der Waals surface area contributed by atoms with Crippen molar-refractivity contribution in [1.29, 1.82) is 0 Å². The summed E-state index contributed by atoms with van der Waals surface area (Å²) in [6.45, 7) is 1.29. The number of nitrogens with zero attached hydrogens (tertiary/aromatic N) is 2. The predicted molar refractivity (Wildman–Crippen MR) is 111 cm³/mol. The summed E-state index contributed by atoms with van der Waals surface area (Å²) in [4.78, 5) is 29.0. The first-order valence-corrected chi connectivity index (χ1v) is 9.94. The largest absolute Gasteiger partial charge is 0.491 e. The van der Waals surface area contributed by atoms with Crippen molar-refractivity contribution < 1.29 is 19.1 Å². The van der Waals surface area contributed by atoms with E-state index >= 15 is 0 Å². The zero-order valence-corrected chi connectivity index (χ0v) is 16.8. The summed E-state index contributed by atoms with van der Waals surface area (Å²) in [6.07, 6.45) is 2.27. The number of rotatable bonds is 6. The van der Waals surface area contributed by atoms with Gasteiger partial charge in [-0.05, 0) is 49.2 Å². The van der Waals surface area contributed by atoms with Crippen LogP contribution in [0.1, 0.15) is 29.0 Å². The number of para-hydroxylation sites is 2. The second-order valence-electron chi connectivity index (χ2n) is 7.23. The average molecular weight is 408 g/mol. The van der Waals surface area contributed by atoms with Crippen LogP contribution in [0.15, 0.2) is 48.5 Å². The fourth-order valence-electron chi connectivity index (χ4n) is 3.41. The molecule has 1 saturated heterocycles. The molecule has 8 heteroatoms. The summed E-state index contributed by atoms with van der Waals surface area (Å²) in [5.74, 6) is 0.543. The molecule has 0 bridgehead atoms. The van der Waals surface area contributed by atoms with Crippen LogP contribution in [0.25, 0.3) is 11.0 Å². The normalized spacial score (nSPS) is 15.8. The summed E-state index contributed by atoms with van der Waals surface area (Å²) in [7, 11) is 1.86. The Morgan fingerprint density at radius 3 is 2.70 bits per heavy atom. The molecule has 3 aromatic rings. The van der Waals surface area contributed by atoms with Gasteiger partial charge in [0.1, 0.15) is 18.2 Å². The van der Waals surface area contributed by atoms with Crippen molar-refractivity contribution in [2.24, 2.45) is 7.05 Å². The van der Waals surface area contributed by atoms with E-state index in [2.05, 4.69) is 15.8 Å². The van der Waals surface area contributed by atoms with E-state index in [-0.39, 0.29) is 18.4 Å². The first-order valence-electron chi connectivity index (χ1n) is 9.94. The third kappa shape index (κ3) is 4.60. The SMILES string of the molecule is Cn1c(CC(=O)NNC(=O)c2ccc(OC[C@@H]3CCCO3)cc2)nc2ccccc21. The number of aromatic nitrogens is 2. The van der Waals surface area contributed by atoms with Crippen molar-refractivity contribution in [3.05, 3.63) is 59.9 Å². The van der Waals surface area contributed by atoms with E-state index < -0.39 is 5.91 Å². The van der Waals surface area contributed by atoms with Crippen molar-refractivity contribution in [2.45, 2.75) is 25.4 Å². The molecule has 1 atom stereocenters. The smallest absolute Gasteiger partial charge is 0.269 e. The molecule has 0 spiro atoms. The number of hydrogen-bond acceptors (Lipinski definition) is 5. The molecule has 156 valence electrons. The second kappa shape index (κ2) is 8.96. The fourth-order valence-corrected chi connectivity index (χ4v) is 3.41. The average Bonchev–Trinajstić information content (AvgIpc) is 3.39. The molecule has 1 aromatic heterocycles. The molecule has 2 N–H and O–H groups in total. The summed E-state index contributed by atoms with van der Waals surface area (Å²) < 4.78 is 13.1. The molecule has 2 amide bonds. The third-order valence-corrected chi connectivity index (χ3v) is 5.09. The molecule has 30 heavy (non-hydrogen) atoms. The highest BCUT2D eigenvalue weighted by Gasteiger charge is 2.16. The Labute approximate surface area is 174 Å². The van der Waals surface area contributed by atoms with E-state index in [0.717, 1.165) is 30.5 Å². The fraction of sp³-hybridized carbons (Fsp3) is 0.318. The van der Waals surface area contributed by atoms with Crippen LogP contribution in [0.4, 0.5) is 0 Å². The molecule has 0 saturated carbocycles. The number of benzene rings is 2. The number of carbonyl (C=O) groups is 2. The zero-order chi connectivity index (χ0) is 20.9. The zero-order valence-electron chi connectivity index (χ0n) is 16.8. The van der Waals surface area contributed by atoms with Crippen molar-refractivity contribution in [3.63, 3.8) is 0 Å². The molecule has 1 aliphatic heterocycles. The van der Waals surface area contributed by atoms with Crippen molar-refractivity contribution in [3.8, 4) is 5.75 Å². The Balaban J connectivity index is 1.27. The highest BCUT2D eigenvalue weighted by molar-refractivity contribution is 5.95. The van der Waals surface area contributed by atoms with Crippen molar-refractivity contribution in [1.82, 2.24) is 20.4 Å². The Morgan fingerprint density at radius 2 is 1.97 bits per heavy atom. The van der Waals surface area contributed by atoms with Crippen molar-refractivity contribution in [2.75, 3.05) is 13.2 Å². The second-order valence-corrected chi connectivity index (χ2v) is 7.23. The lowest BCUT2D eigenvalue weighted by Crippen LogP contribution is -2.42. The topological polar surface area (TPSA) is 94.5 Å². The van der Waals surface area contributed by atoms with Crippen LogP contribution in [0.5, 0.6) is 5.75 Å². The number of nitrogens with one attached hydrogen (secondary N) is 2. The maximum absolute atomic E-state index is 12.3. The Morgan fingerprint density at radius 1 is 1.17 bits per heavy atom. The standard InChI is InChI=1S/C22H24N4O4/c1-26-19-7-3-2-6-18(19)23-20(26)13-21(27)24-25-22(28)15-8-10-16(11-9-15)30-14-17-5-4-12-29-17/h2-3,6-11,17H,4-5,12-14H2,1H3,(H,24,27)(H,25,28)/t17-/m0/s1. The van der Waals surface area contributed by atoms with Crippen LogP contribution in [0.2, 0.25) is 0 Å². The van der Waals surface area contributed by atoms with Gasteiger partial charge in [0, 0.05) is 19.2 Å². The van der Waals surface area contributed by atoms with Gasteiger partial charge in [-0.1, -0.05) is 12.1 Å². The van der Waals surface area contributed by atoms with Gasteiger partial charge in [0.2, 0.25) is 5.91 Å². The number of amides is 2. The number of ether oxygens (including phenoxy) is 2. The molecule has 2 aromatic carbocycles. The van der Waals surface area contributed by atoms with Crippen LogP contribution < -0.4 is 15.6 Å². The van der Waals surface area contributed by atoms with E-state index in [4.69, 9.17) is 9.47 Å². The lowest BCUT2D eigenvalue weighted by molar-refractivity contribution is -0.121. The summed E-state index contributed by atoms with van der Waals surface area (Å²) >= 11 is 0. The van der Waals surface area contributed by atoms with Crippen LogP contribution in [-0.2, 0) is 23.0 Å². The van der Waals surface area contributed by atoms with E-state index in [0.29, 0.717) is 23.7 Å². The van der Waals surface area contributed by atoms with Crippen LogP contribution in [-0.4, -0.2) is 40.7 Å². The van der Waals surface area contributed by atoms with Gasteiger partial charge in [0.25, 0.3) is 5.91 Å². The van der Waals surface area contributed by atoms with Gasteiger partial charge in [0.05, 0.1) is 23.6 Å². The molecular weight excluding hydrogens is 384 g/mol. The molecule has 4 rings (SSSR count). The predicted octanol–water partition coefficient (Wildman–Crippen LogP) is 2.13. The van der Waals surface area contributed by atoms with E-state index in [1.807, 2.05) is 35.9 Å². The first kappa shape index (κ1) is 19.9. The maximum atomic E-state index is 12.3. The Kier molecular flexibility index (Phi) is 5.94. The summed E-state index contributed by atoms with van der Waals surface area (Å²) in [6, 6.07) is 14.4. The number of aryl methyl sites for hydroxylation is 1. The lowest BCUT2D eigenvalue weighted by Gasteiger charge is -2.12. The van der Waals surface area contributed by atoms with Crippen LogP contribution >= 0.6 is 0 Å². The van der Waals surface area contributed by atoms with Gasteiger partial charge >= 0.3 is 0 Å². The van der Waals surface area contributed by atoms with Gasteiger partial charge in [-0.25, -0.2) is 4.98 Å². The van der Waals surface area contributed by atoms with E-state index in [1.165, 1.54) is 0 Å². The van der Waals surface area contributed by atoms with Gasteiger partial charge in [-0.15, -0.1) is 0 Å². The minimum Gasteiger partial charge on any atom is -0.491 e. The Hall–Kier alpha value is -3.39. The molecule has 2 heterocycles. The highest BCUT2D eigenvalue weighted by atomic mass is 16.5. The molecule has 0 radical (unpaired) electrons. The lowest BCUT2D eigenvalue weighted by atomic mass is 10.2. The van der Waals surface area contributed by atoms with Crippen molar-refractivity contribution >= 4 is 22.8 Å². The van der Waals surface area contributed by atoms with E-state index in [9.17, 15) is 9.59 Å². The number of fused-ring (bicyclic) bond motifs is 1. The monoisotopic (exact) mass is 408 g/mol. The third-order valence-electron chi connectivity index (χ3n) is 5.09. The highest BCUT2D eigenvalue weighted by Crippen LogP contribution is 2.17. The molecular formula is C22H24N4O4. The number of hydrogen-bond donors (Lipinski definition) is 2. The quantitative estimate of drug-likeness (QED) is 0.610. The molecule has 8 nitrogen and oxygen atoms in total. The molecule has 0 unspecified atom stereocenters. The van der Waals surface area contributed by atoms with E-state index in [1.54, 1.807) is 24.3 Å². The van der Waals surface area contributed by atoms with Gasteiger partial charge < -0.3 is 14.0 Å². The van der Waals surface area contributed by atoms with Crippen LogP contribution in [0, 0.1) is 0 Å². The van der Waals surface area contributed by atoms with Crippen LogP contribution in [0.3, 0.4) is 0 Å². The number of imidazole rings is 1. The summed E-state index contributed by atoms with van der Waals surface area (Å²) in [5, 5.41) is 0. The molecule has 1 aliphatic rings. The van der Waals surface area contributed by atoms with Gasteiger partial charge in [-0.3, -0.25) is 20.4 Å². The van der Waals surface area contributed by atoms with Gasteiger partial charge in [0.15, 0.2) is 0 Å². The minimum atomic E-state index is -0.404. The maximum Gasteiger partial charge on any atom is 0.269 e. The summed E-state index contributed by atoms with van der Waals surface area (Å²) in [5.41, 5.74) is 7.07. The molecule has 1 fully saturated rings.